The van der Waals surface area contributed by atoms with Gasteiger partial charge in [0.05, 0.1) is 16.1 Å². The van der Waals surface area contributed by atoms with Gasteiger partial charge in [0.15, 0.2) is 0 Å². The molecule has 23 heavy (non-hydrogen) atoms. The molecule has 0 unspecified atom stereocenters. The van der Waals surface area contributed by atoms with E-state index < -0.39 is 11.9 Å². The molecule has 120 valence electrons. The fraction of sp³-hybridized carbons (Fsp3) is 0.222. The van der Waals surface area contributed by atoms with Gasteiger partial charge in [-0.15, -0.1) is 0 Å². The van der Waals surface area contributed by atoms with E-state index in [2.05, 4.69) is 0 Å². The highest BCUT2D eigenvalue weighted by atomic mass is 35.5. The van der Waals surface area contributed by atoms with Crippen LogP contribution in [0.1, 0.15) is 44.7 Å². The van der Waals surface area contributed by atoms with Crippen LogP contribution in [0, 0.1) is 0 Å². The lowest BCUT2D eigenvalue weighted by atomic mass is 9.90. The van der Waals surface area contributed by atoms with Crippen molar-refractivity contribution in [2.24, 2.45) is 5.73 Å². The highest BCUT2D eigenvalue weighted by Gasteiger charge is 2.11. The zero-order chi connectivity index (χ0) is 16.8. The summed E-state index contributed by atoms with van der Waals surface area (Å²) >= 11 is 5.62. The molecular formula is C18H18ClNO3. The molecule has 0 aromatic heterocycles. The number of amides is 1. The number of primary amides is 1. The number of benzene rings is 2. The van der Waals surface area contributed by atoms with Crippen LogP contribution in [-0.4, -0.2) is 17.0 Å². The second-order valence-electron chi connectivity index (χ2n) is 5.34. The van der Waals surface area contributed by atoms with Gasteiger partial charge in [-0.1, -0.05) is 29.8 Å². The molecule has 3 rings (SSSR count). The maximum Gasteiger partial charge on any atom is 0.335 e. The molecule has 1 aliphatic rings. The highest BCUT2D eigenvalue weighted by Crippen LogP contribution is 2.22. The molecule has 0 aliphatic heterocycles. The van der Waals surface area contributed by atoms with E-state index in [4.69, 9.17) is 22.4 Å². The second-order valence-corrected chi connectivity index (χ2v) is 5.75. The largest absolute Gasteiger partial charge is 0.478 e. The van der Waals surface area contributed by atoms with E-state index in [-0.39, 0.29) is 0 Å². The molecule has 0 radical (unpaired) electrons. The topological polar surface area (TPSA) is 80.4 Å². The highest BCUT2D eigenvalue weighted by molar-refractivity contribution is 6.33. The number of hydrogen-bond acceptors (Lipinski definition) is 2. The molecule has 2 aromatic carbocycles. The number of hydrogen-bond donors (Lipinski definition) is 2. The first-order valence-corrected chi connectivity index (χ1v) is 7.76. The number of rotatable bonds is 2. The first-order chi connectivity index (χ1) is 11.0. The second kappa shape index (κ2) is 7.79. The predicted molar refractivity (Wildman–Crippen MR) is 90.0 cm³/mol. The summed E-state index contributed by atoms with van der Waals surface area (Å²) in [7, 11) is 0. The fourth-order valence-corrected chi connectivity index (χ4v) is 2.76. The van der Waals surface area contributed by atoms with E-state index in [1.54, 1.807) is 30.3 Å². The smallest absolute Gasteiger partial charge is 0.335 e. The standard InChI is InChI=1S/C11H12O2.C7H6ClNO/c12-11(13)10-6-5-8-3-1-2-4-9(8)7-10;8-6-4-2-1-3-5(6)7(9)10/h5-7H,1-4H2,(H,12,13);1-4H,(H2,9,10). The first kappa shape index (κ1) is 17.0. The van der Waals surface area contributed by atoms with Crippen LogP contribution in [0.5, 0.6) is 0 Å². The maximum absolute atomic E-state index is 10.7. The molecule has 0 atom stereocenters. The Labute approximate surface area is 139 Å². The van der Waals surface area contributed by atoms with Gasteiger partial charge in [0.25, 0.3) is 0 Å². The number of carbonyl (C=O) groups excluding carboxylic acids is 1. The molecule has 4 nitrogen and oxygen atoms in total. The van der Waals surface area contributed by atoms with Gasteiger partial charge < -0.3 is 10.8 Å². The van der Waals surface area contributed by atoms with Gasteiger partial charge in [-0.25, -0.2) is 4.79 Å². The Hall–Kier alpha value is -2.33. The lowest BCUT2D eigenvalue weighted by molar-refractivity contribution is 0.0696. The maximum atomic E-state index is 10.7. The SMILES string of the molecule is NC(=O)c1ccccc1Cl.O=C(O)c1ccc2c(c1)CCCC2. The molecule has 0 saturated heterocycles. The Morgan fingerprint density at radius 2 is 1.65 bits per heavy atom. The molecule has 3 N–H and O–H groups in total. The molecule has 0 bridgehead atoms. The van der Waals surface area contributed by atoms with Gasteiger partial charge in [0, 0.05) is 0 Å². The molecule has 1 amide bonds. The minimum Gasteiger partial charge on any atom is -0.478 e. The van der Waals surface area contributed by atoms with Crippen LogP contribution in [0.25, 0.3) is 0 Å². The number of fused-ring (bicyclic) bond motifs is 1. The third-order valence-electron chi connectivity index (χ3n) is 3.73. The lowest BCUT2D eigenvalue weighted by Crippen LogP contribution is -2.10. The number of aryl methyl sites for hydroxylation is 2. The van der Waals surface area contributed by atoms with Crippen molar-refractivity contribution in [3.8, 4) is 0 Å². The van der Waals surface area contributed by atoms with Crippen LogP contribution < -0.4 is 5.73 Å². The van der Waals surface area contributed by atoms with Crippen LogP contribution in [0.4, 0.5) is 0 Å². The lowest BCUT2D eigenvalue weighted by Gasteiger charge is -2.15. The first-order valence-electron chi connectivity index (χ1n) is 7.38. The molecule has 0 heterocycles. The van der Waals surface area contributed by atoms with Crippen molar-refractivity contribution >= 4 is 23.5 Å². The van der Waals surface area contributed by atoms with Crippen molar-refractivity contribution in [3.05, 3.63) is 69.7 Å². The molecular weight excluding hydrogens is 314 g/mol. The monoisotopic (exact) mass is 331 g/mol. The zero-order valence-corrected chi connectivity index (χ0v) is 13.3. The average molecular weight is 332 g/mol. The number of halogens is 1. The molecule has 0 fully saturated rings. The van der Waals surface area contributed by atoms with Crippen LogP contribution >= 0.6 is 11.6 Å². The van der Waals surface area contributed by atoms with Crippen LogP contribution in [0.2, 0.25) is 5.02 Å². The number of aromatic carboxylic acids is 1. The number of carbonyl (C=O) groups is 2. The molecule has 1 aliphatic carbocycles. The summed E-state index contributed by atoms with van der Waals surface area (Å²) < 4.78 is 0. The predicted octanol–water partition coefficient (Wildman–Crippen LogP) is 3.70. The van der Waals surface area contributed by atoms with Gasteiger partial charge in [0.2, 0.25) is 5.91 Å². The summed E-state index contributed by atoms with van der Waals surface area (Å²) in [5.74, 6) is -1.32. The van der Waals surface area contributed by atoms with Gasteiger partial charge in [0.1, 0.15) is 0 Å². The van der Waals surface area contributed by atoms with Crippen molar-refractivity contribution in [1.82, 2.24) is 0 Å². The Kier molecular flexibility index (Phi) is 5.77. The summed E-state index contributed by atoms with van der Waals surface area (Å²) in [5, 5.41) is 9.18. The van der Waals surface area contributed by atoms with Crippen LogP contribution in [0.3, 0.4) is 0 Å². The number of carboxylic acid groups (broad SMARTS) is 1. The Morgan fingerprint density at radius 3 is 2.22 bits per heavy atom. The van der Waals surface area contributed by atoms with Crippen molar-refractivity contribution in [1.29, 1.82) is 0 Å². The third kappa shape index (κ3) is 4.57. The summed E-state index contributed by atoms with van der Waals surface area (Å²) in [6, 6.07) is 12.1. The summed E-state index contributed by atoms with van der Waals surface area (Å²) in [6.07, 6.45) is 4.57. The van der Waals surface area contributed by atoms with Crippen LogP contribution in [0.15, 0.2) is 42.5 Å². The van der Waals surface area contributed by atoms with E-state index >= 15 is 0 Å². The van der Waals surface area contributed by atoms with Gasteiger partial charge in [-0.05, 0) is 61.1 Å². The van der Waals surface area contributed by atoms with Crippen molar-refractivity contribution < 1.29 is 14.7 Å². The Morgan fingerprint density at radius 1 is 1.00 bits per heavy atom. The Balaban J connectivity index is 0.000000174. The van der Waals surface area contributed by atoms with Gasteiger partial charge in [-0.3, -0.25) is 4.79 Å². The van der Waals surface area contributed by atoms with Gasteiger partial charge in [-0.2, -0.15) is 0 Å². The quantitative estimate of drug-likeness (QED) is 0.880. The van der Waals surface area contributed by atoms with Crippen molar-refractivity contribution in [3.63, 3.8) is 0 Å². The summed E-state index contributed by atoms with van der Waals surface area (Å²) in [4.78, 5) is 21.2. The molecule has 2 aromatic rings. The Bertz CT molecular complexity index is 728. The van der Waals surface area contributed by atoms with E-state index in [0.29, 0.717) is 16.1 Å². The fourth-order valence-electron chi connectivity index (χ4n) is 2.53. The third-order valence-corrected chi connectivity index (χ3v) is 4.06. The molecule has 5 heteroatoms. The van der Waals surface area contributed by atoms with E-state index in [0.717, 1.165) is 12.8 Å². The average Bonchev–Trinajstić information content (AvgIpc) is 2.55. The number of carboxylic acids is 1. The van der Waals surface area contributed by atoms with Gasteiger partial charge >= 0.3 is 5.97 Å². The molecule has 0 spiro atoms. The summed E-state index contributed by atoms with van der Waals surface area (Å²) in [6.45, 7) is 0. The molecule has 0 saturated carbocycles. The zero-order valence-electron chi connectivity index (χ0n) is 12.6. The van der Waals surface area contributed by atoms with E-state index in [9.17, 15) is 9.59 Å². The van der Waals surface area contributed by atoms with E-state index in [1.807, 2.05) is 12.1 Å². The summed E-state index contributed by atoms with van der Waals surface area (Å²) in [5.41, 5.74) is 8.33. The van der Waals surface area contributed by atoms with Crippen molar-refractivity contribution in [2.75, 3.05) is 0 Å². The minimum absolute atomic E-state index is 0.365. The van der Waals surface area contributed by atoms with E-state index in [1.165, 1.54) is 24.0 Å². The number of nitrogens with two attached hydrogens (primary N) is 1. The normalized spacial score (nSPS) is 12.6. The van der Waals surface area contributed by atoms with Crippen LogP contribution in [-0.2, 0) is 12.8 Å². The minimum atomic E-state index is -0.826. The van der Waals surface area contributed by atoms with Crippen molar-refractivity contribution in [2.45, 2.75) is 25.7 Å².